The summed E-state index contributed by atoms with van der Waals surface area (Å²) in [6.45, 7) is 0.0456. The third-order valence-electron chi connectivity index (χ3n) is 1.52. The van der Waals surface area contributed by atoms with Crippen molar-refractivity contribution in [1.29, 1.82) is 0 Å². The highest BCUT2D eigenvalue weighted by atomic mass is 32.2. The first kappa shape index (κ1) is 10.3. The number of hydrogen-bond donors (Lipinski definition) is 0. The van der Waals surface area contributed by atoms with Gasteiger partial charge in [0.05, 0.1) is 13.7 Å². The fraction of sp³-hybridized carbons (Fsp3) is 0.833. The second-order valence-corrected chi connectivity index (χ2v) is 4.21. The summed E-state index contributed by atoms with van der Waals surface area (Å²) in [6.07, 6.45) is -1.16. The van der Waals surface area contributed by atoms with Crippen molar-refractivity contribution in [3.63, 3.8) is 0 Å². The van der Waals surface area contributed by atoms with Crippen LogP contribution in [0.15, 0.2) is 0 Å². The minimum atomic E-state index is -3.52. The summed E-state index contributed by atoms with van der Waals surface area (Å²) in [6, 6.07) is 0. The van der Waals surface area contributed by atoms with Gasteiger partial charge in [0.1, 0.15) is 11.9 Å². The van der Waals surface area contributed by atoms with Crippen LogP contribution < -0.4 is 0 Å². The maximum Gasteiger partial charge on any atom is 0.508 e. The molecule has 1 aliphatic heterocycles. The Kier molecular flexibility index (Phi) is 3.10. The zero-order valence-corrected chi connectivity index (χ0v) is 7.87. The van der Waals surface area contributed by atoms with E-state index in [1.165, 1.54) is 0 Å². The summed E-state index contributed by atoms with van der Waals surface area (Å²) in [5, 5.41) is 0. The van der Waals surface area contributed by atoms with Gasteiger partial charge in [-0.05, 0) is 0 Å². The average molecular weight is 210 g/mol. The Hall–Kier alpha value is -0.820. The van der Waals surface area contributed by atoms with Crippen molar-refractivity contribution < 1.29 is 26.9 Å². The van der Waals surface area contributed by atoms with Crippen LogP contribution >= 0.6 is 0 Å². The highest BCUT2D eigenvalue weighted by Gasteiger charge is 2.28. The summed E-state index contributed by atoms with van der Waals surface area (Å²) in [4.78, 5) is 10.6. The second-order valence-electron chi connectivity index (χ2n) is 2.53. The minimum Gasteiger partial charge on any atom is -0.438 e. The van der Waals surface area contributed by atoms with Gasteiger partial charge in [0.2, 0.25) is 0 Å². The lowest BCUT2D eigenvalue weighted by Crippen LogP contribution is -2.34. The van der Waals surface area contributed by atoms with Gasteiger partial charge >= 0.3 is 6.16 Å². The fourth-order valence-corrected chi connectivity index (χ4v) is 2.08. The molecule has 7 heteroatoms. The Labute approximate surface area is 75.9 Å². The van der Waals surface area contributed by atoms with Crippen molar-refractivity contribution in [2.45, 2.75) is 12.5 Å². The third kappa shape index (κ3) is 3.19. The zero-order chi connectivity index (χ0) is 9.90. The normalized spacial score (nSPS) is 26.4. The Morgan fingerprint density at radius 1 is 1.54 bits per heavy atom. The van der Waals surface area contributed by atoms with Crippen LogP contribution in [-0.4, -0.2) is 40.1 Å². The van der Waals surface area contributed by atoms with Crippen LogP contribution in [0.5, 0.6) is 0 Å². The van der Waals surface area contributed by atoms with Gasteiger partial charge in [-0.15, -0.1) is 0 Å². The quantitative estimate of drug-likeness (QED) is 0.443. The van der Waals surface area contributed by atoms with E-state index in [1.54, 1.807) is 0 Å². The lowest BCUT2D eigenvalue weighted by atomic mass is 10.3. The summed E-state index contributed by atoms with van der Waals surface area (Å²) < 4.78 is 35.1. The molecule has 1 rings (SSSR count). The molecule has 0 aliphatic carbocycles. The van der Waals surface area contributed by atoms with Crippen molar-refractivity contribution >= 4 is 16.3 Å². The Morgan fingerprint density at radius 2 is 2.23 bits per heavy atom. The van der Waals surface area contributed by atoms with Crippen LogP contribution in [-0.2, 0) is 23.8 Å². The maximum atomic E-state index is 10.9. The summed E-state index contributed by atoms with van der Waals surface area (Å²) in [7, 11) is -2.36. The molecule has 1 heterocycles. The SMILES string of the molecule is COC(=O)OC1CCOS(=O)(=O)C1. The van der Waals surface area contributed by atoms with E-state index in [-0.39, 0.29) is 12.4 Å². The van der Waals surface area contributed by atoms with Gasteiger partial charge in [-0.1, -0.05) is 0 Å². The maximum absolute atomic E-state index is 10.9. The molecule has 1 fully saturated rings. The van der Waals surface area contributed by atoms with E-state index in [4.69, 9.17) is 0 Å². The number of ether oxygens (including phenoxy) is 2. The fourth-order valence-electron chi connectivity index (χ4n) is 0.943. The van der Waals surface area contributed by atoms with Gasteiger partial charge in [0.15, 0.2) is 0 Å². The topological polar surface area (TPSA) is 78.9 Å². The van der Waals surface area contributed by atoms with E-state index >= 15 is 0 Å². The van der Waals surface area contributed by atoms with Crippen LogP contribution in [0, 0.1) is 0 Å². The molecule has 0 amide bonds. The average Bonchev–Trinajstić information content (AvgIpc) is 2.02. The second kappa shape index (κ2) is 3.93. The minimum absolute atomic E-state index is 0.0456. The van der Waals surface area contributed by atoms with E-state index < -0.39 is 22.4 Å². The van der Waals surface area contributed by atoms with Gasteiger partial charge in [-0.3, -0.25) is 4.18 Å². The molecular weight excluding hydrogens is 200 g/mol. The van der Waals surface area contributed by atoms with E-state index in [2.05, 4.69) is 13.7 Å². The molecule has 0 aromatic carbocycles. The first-order valence-electron chi connectivity index (χ1n) is 3.65. The standard InChI is InChI=1S/C6H10O6S/c1-10-6(7)12-5-2-3-11-13(8,9)4-5/h5H,2-4H2,1H3. The van der Waals surface area contributed by atoms with E-state index in [1.807, 2.05) is 0 Å². The van der Waals surface area contributed by atoms with Gasteiger partial charge in [0.25, 0.3) is 10.1 Å². The number of methoxy groups -OCH3 is 1. The third-order valence-corrected chi connectivity index (χ3v) is 2.83. The van der Waals surface area contributed by atoms with Gasteiger partial charge in [0, 0.05) is 6.42 Å². The van der Waals surface area contributed by atoms with Crippen molar-refractivity contribution in [2.24, 2.45) is 0 Å². The number of hydrogen-bond acceptors (Lipinski definition) is 6. The van der Waals surface area contributed by atoms with Crippen molar-refractivity contribution in [2.75, 3.05) is 19.5 Å². The van der Waals surface area contributed by atoms with Gasteiger partial charge in [-0.25, -0.2) is 4.79 Å². The molecule has 0 saturated carbocycles. The Morgan fingerprint density at radius 3 is 2.77 bits per heavy atom. The molecule has 6 nitrogen and oxygen atoms in total. The van der Waals surface area contributed by atoms with Crippen LogP contribution in [0.3, 0.4) is 0 Å². The lowest BCUT2D eigenvalue weighted by Gasteiger charge is -2.20. The Balaban J connectivity index is 2.48. The van der Waals surface area contributed by atoms with Crippen molar-refractivity contribution in [3.05, 3.63) is 0 Å². The molecular formula is C6H10O6S. The predicted octanol–water partition coefficient (Wildman–Crippen LogP) is -0.112. The molecule has 0 radical (unpaired) electrons. The molecule has 1 saturated heterocycles. The molecule has 0 spiro atoms. The number of carbonyl (C=O) groups excluding carboxylic acids is 1. The van der Waals surface area contributed by atoms with Crippen LogP contribution in [0.4, 0.5) is 4.79 Å². The molecule has 1 atom stereocenters. The van der Waals surface area contributed by atoms with Gasteiger partial charge in [-0.2, -0.15) is 8.42 Å². The lowest BCUT2D eigenvalue weighted by molar-refractivity contribution is 0.0316. The highest BCUT2D eigenvalue weighted by molar-refractivity contribution is 7.86. The highest BCUT2D eigenvalue weighted by Crippen LogP contribution is 2.12. The molecule has 1 unspecified atom stereocenters. The Bertz CT molecular complexity index is 281. The first-order chi connectivity index (χ1) is 6.03. The van der Waals surface area contributed by atoms with E-state index in [0.717, 1.165) is 7.11 Å². The van der Waals surface area contributed by atoms with Crippen LogP contribution in [0.1, 0.15) is 6.42 Å². The summed E-state index contributed by atoms with van der Waals surface area (Å²) >= 11 is 0. The molecule has 76 valence electrons. The van der Waals surface area contributed by atoms with Crippen LogP contribution in [0.2, 0.25) is 0 Å². The zero-order valence-electron chi connectivity index (χ0n) is 7.06. The number of carbonyl (C=O) groups is 1. The molecule has 1 aliphatic rings. The first-order valence-corrected chi connectivity index (χ1v) is 5.23. The smallest absolute Gasteiger partial charge is 0.438 e. The van der Waals surface area contributed by atoms with E-state index in [0.29, 0.717) is 6.42 Å². The molecule has 0 N–H and O–H groups in total. The van der Waals surface area contributed by atoms with Crippen LogP contribution in [0.25, 0.3) is 0 Å². The largest absolute Gasteiger partial charge is 0.508 e. The predicted molar refractivity (Wildman–Crippen MR) is 41.6 cm³/mol. The van der Waals surface area contributed by atoms with Gasteiger partial charge < -0.3 is 9.47 Å². The van der Waals surface area contributed by atoms with E-state index in [9.17, 15) is 13.2 Å². The van der Waals surface area contributed by atoms with Crippen molar-refractivity contribution in [1.82, 2.24) is 0 Å². The monoisotopic (exact) mass is 210 g/mol. The molecule has 0 aromatic heterocycles. The number of rotatable bonds is 1. The van der Waals surface area contributed by atoms with Crippen molar-refractivity contribution in [3.8, 4) is 0 Å². The molecule has 0 aromatic rings. The summed E-state index contributed by atoms with van der Waals surface area (Å²) in [5.41, 5.74) is 0. The summed E-state index contributed by atoms with van der Waals surface area (Å²) in [5.74, 6) is -0.303. The molecule has 0 bridgehead atoms. The molecule has 13 heavy (non-hydrogen) atoms.